The maximum Gasteiger partial charge on any atom is 0.231 e. The van der Waals surface area contributed by atoms with Crippen LogP contribution in [0.25, 0.3) is 0 Å². The fourth-order valence-corrected chi connectivity index (χ4v) is 3.86. The minimum Gasteiger partial charge on any atom is -0.347 e. The van der Waals surface area contributed by atoms with Crippen LogP contribution in [0.1, 0.15) is 42.9 Å². The predicted octanol–water partition coefficient (Wildman–Crippen LogP) is 3.49. The number of rotatable bonds is 6. The maximum absolute atomic E-state index is 13.1. The van der Waals surface area contributed by atoms with Gasteiger partial charge in [-0.05, 0) is 56.0 Å². The molecule has 1 saturated heterocycles. The number of benzene rings is 1. The molecular weight excluding hydrogens is 346 g/mol. The van der Waals surface area contributed by atoms with Crippen molar-refractivity contribution in [3.63, 3.8) is 0 Å². The van der Waals surface area contributed by atoms with Crippen molar-refractivity contribution in [2.24, 2.45) is 0 Å². The number of hydrogen-bond acceptors (Lipinski definition) is 3. The molecule has 2 heterocycles. The van der Waals surface area contributed by atoms with E-state index in [1.807, 2.05) is 36.5 Å². The number of carbonyl (C=O) groups excluding carboxylic acids is 1. The monoisotopic (exact) mass is 371 g/mol. The van der Waals surface area contributed by atoms with E-state index in [0.29, 0.717) is 0 Å². The Morgan fingerprint density at radius 2 is 1.85 bits per heavy atom. The van der Waals surface area contributed by atoms with E-state index in [0.717, 1.165) is 38.0 Å². The van der Waals surface area contributed by atoms with Crippen LogP contribution in [-0.2, 0) is 10.2 Å². The van der Waals surface area contributed by atoms with Crippen LogP contribution in [0.15, 0.2) is 54.9 Å². The zero-order valence-electron chi connectivity index (χ0n) is 14.9. The Labute approximate surface area is 161 Å². The Kier molecular flexibility index (Phi) is 5.94. The van der Waals surface area contributed by atoms with Gasteiger partial charge in [-0.2, -0.15) is 0 Å². The first-order valence-electron chi connectivity index (χ1n) is 9.27. The van der Waals surface area contributed by atoms with Crippen LogP contribution in [-0.4, -0.2) is 35.4 Å². The molecule has 1 atom stereocenters. The number of carbonyl (C=O) groups is 1. The Hall–Kier alpha value is -1.91. The molecule has 1 aromatic heterocycles. The minimum atomic E-state index is -0.369. The lowest BCUT2D eigenvalue weighted by molar-refractivity contribution is -0.124. The molecule has 1 aliphatic heterocycles. The Bertz CT molecular complexity index is 713. The average molecular weight is 372 g/mol. The Balaban J connectivity index is 0.00000196. The van der Waals surface area contributed by atoms with Crippen molar-refractivity contribution in [2.45, 2.75) is 37.1 Å². The maximum atomic E-state index is 13.1. The number of aromatic nitrogens is 1. The lowest BCUT2D eigenvalue weighted by Crippen LogP contribution is -2.41. The quantitative estimate of drug-likeness (QED) is 0.845. The van der Waals surface area contributed by atoms with Gasteiger partial charge in [0.25, 0.3) is 0 Å². The van der Waals surface area contributed by atoms with Crippen LogP contribution in [0.5, 0.6) is 0 Å². The molecule has 1 saturated carbocycles. The van der Waals surface area contributed by atoms with E-state index < -0.39 is 0 Å². The molecule has 0 radical (unpaired) electrons. The summed E-state index contributed by atoms with van der Waals surface area (Å²) in [5, 5.41) is 3.35. The van der Waals surface area contributed by atoms with Crippen molar-refractivity contribution >= 4 is 18.3 Å². The minimum absolute atomic E-state index is 0. The Morgan fingerprint density at radius 1 is 1.12 bits per heavy atom. The second kappa shape index (κ2) is 8.19. The fourth-order valence-electron chi connectivity index (χ4n) is 3.86. The standard InChI is InChI=1S/C21H25N3O.ClH/c25-20(21(10-11-21)18-9-6-12-22-15-18)23-19(16-24-13-4-5-14-24)17-7-2-1-3-8-17;/h1-3,6-9,12,15,19H,4-5,10-11,13-14,16H2,(H,23,25);1H/t19-;/m1./s1. The highest BCUT2D eigenvalue weighted by atomic mass is 35.5. The molecule has 0 unspecified atom stereocenters. The van der Waals surface area contributed by atoms with Crippen molar-refractivity contribution in [3.05, 3.63) is 66.0 Å². The van der Waals surface area contributed by atoms with Gasteiger partial charge in [0.15, 0.2) is 0 Å². The second-order valence-corrected chi connectivity index (χ2v) is 7.27. The molecule has 4 nitrogen and oxygen atoms in total. The number of amides is 1. The summed E-state index contributed by atoms with van der Waals surface area (Å²) in [6.45, 7) is 3.15. The van der Waals surface area contributed by atoms with Gasteiger partial charge < -0.3 is 10.2 Å². The molecular formula is C21H26ClN3O. The zero-order chi connectivity index (χ0) is 17.1. The normalized spacial score (nSPS) is 19.4. The first kappa shape index (κ1) is 18.9. The third kappa shape index (κ3) is 3.92. The van der Waals surface area contributed by atoms with Crippen LogP contribution in [0.2, 0.25) is 0 Å². The van der Waals surface area contributed by atoms with Gasteiger partial charge >= 0.3 is 0 Å². The molecule has 1 aromatic carbocycles. The van der Waals surface area contributed by atoms with E-state index in [4.69, 9.17) is 0 Å². The van der Waals surface area contributed by atoms with E-state index in [9.17, 15) is 4.79 Å². The average Bonchev–Trinajstić information content (AvgIpc) is 3.33. The molecule has 1 aliphatic carbocycles. The predicted molar refractivity (Wildman–Crippen MR) is 105 cm³/mol. The summed E-state index contributed by atoms with van der Waals surface area (Å²) in [5.74, 6) is 0.147. The second-order valence-electron chi connectivity index (χ2n) is 7.27. The molecule has 2 aliphatic rings. The van der Waals surface area contributed by atoms with Crippen molar-refractivity contribution in [1.82, 2.24) is 15.2 Å². The summed E-state index contributed by atoms with van der Waals surface area (Å²) in [6, 6.07) is 14.3. The lowest BCUT2D eigenvalue weighted by Gasteiger charge is -2.27. The van der Waals surface area contributed by atoms with E-state index >= 15 is 0 Å². The molecule has 2 aromatic rings. The van der Waals surface area contributed by atoms with Crippen LogP contribution in [0.4, 0.5) is 0 Å². The number of hydrogen-bond donors (Lipinski definition) is 1. The zero-order valence-corrected chi connectivity index (χ0v) is 15.8. The topological polar surface area (TPSA) is 45.2 Å². The van der Waals surface area contributed by atoms with Crippen molar-refractivity contribution in [1.29, 1.82) is 0 Å². The third-order valence-corrected chi connectivity index (χ3v) is 5.55. The smallest absolute Gasteiger partial charge is 0.231 e. The summed E-state index contributed by atoms with van der Waals surface area (Å²) in [4.78, 5) is 19.8. The number of nitrogens with zero attached hydrogens (tertiary/aromatic N) is 2. The molecule has 4 rings (SSSR count). The summed E-state index contributed by atoms with van der Waals surface area (Å²) in [7, 11) is 0. The Morgan fingerprint density at radius 3 is 2.46 bits per heavy atom. The fraction of sp³-hybridized carbons (Fsp3) is 0.429. The molecule has 1 amide bonds. The van der Waals surface area contributed by atoms with Gasteiger partial charge in [-0.1, -0.05) is 36.4 Å². The highest BCUT2D eigenvalue weighted by Crippen LogP contribution is 2.48. The first-order valence-corrected chi connectivity index (χ1v) is 9.27. The van der Waals surface area contributed by atoms with E-state index in [-0.39, 0.29) is 29.8 Å². The summed E-state index contributed by atoms with van der Waals surface area (Å²) in [5.41, 5.74) is 1.86. The SMILES string of the molecule is Cl.O=C(N[C@H](CN1CCCC1)c1ccccc1)C1(c2cccnc2)CC1. The highest BCUT2D eigenvalue weighted by molar-refractivity contribution is 5.91. The van der Waals surface area contributed by atoms with Crippen molar-refractivity contribution in [3.8, 4) is 0 Å². The number of nitrogens with one attached hydrogen (secondary N) is 1. The third-order valence-electron chi connectivity index (χ3n) is 5.55. The summed E-state index contributed by atoms with van der Waals surface area (Å²) < 4.78 is 0. The highest BCUT2D eigenvalue weighted by Gasteiger charge is 2.51. The van der Waals surface area contributed by atoms with Gasteiger partial charge in [0, 0.05) is 18.9 Å². The molecule has 2 fully saturated rings. The molecule has 0 spiro atoms. The summed E-state index contributed by atoms with van der Waals surface area (Å²) >= 11 is 0. The van der Waals surface area contributed by atoms with Crippen molar-refractivity contribution < 1.29 is 4.79 Å². The van der Waals surface area contributed by atoms with Crippen molar-refractivity contribution in [2.75, 3.05) is 19.6 Å². The first-order chi connectivity index (χ1) is 12.3. The van der Waals surface area contributed by atoms with E-state index in [1.165, 1.54) is 18.4 Å². The van der Waals surface area contributed by atoms with Gasteiger partial charge in [0.05, 0.1) is 11.5 Å². The molecule has 1 N–H and O–H groups in total. The number of pyridine rings is 1. The van der Waals surface area contributed by atoms with E-state index in [1.54, 1.807) is 6.20 Å². The van der Waals surface area contributed by atoms with E-state index in [2.05, 4.69) is 27.3 Å². The van der Waals surface area contributed by atoms with Gasteiger partial charge in [0.2, 0.25) is 5.91 Å². The van der Waals surface area contributed by atoms with Gasteiger partial charge in [-0.15, -0.1) is 12.4 Å². The summed E-state index contributed by atoms with van der Waals surface area (Å²) in [6.07, 6.45) is 7.94. The molecule has 5 heteroatoms. The van der Waals surface area contributed by atoms with Crippen LogP contribution >= 0.6 is 12.4 Å². The largest absolute Gasteiger partial charge is 0.347 e. The van der Waals surface area contributed by atoms with Gasteiger partial charge in [0.1, 0.15) is 0 Å². The van der Waals surface area contributed by atoms with Gasteiger partial charge in [-0.25, -0.2) is 0 Å². The number of likely N-dealkylation sites (tertiary alicyclic amines) is 1. The van der Waals surface area contributed by atoms with Crippen LogP contribution in [0.3, 0.4) is 0 Å². The molecule has 0 bridgehead atoms. The number of halogens is 1. The molecule has 138 valence electrons. The van der Waals surface area contributed by atoms with Gasteiger partial charge in [-0.3, -0.25) is 9.78 Å². The molecule has 26 heavy (non-hydrogen) atoms. The van der Waals surface area contributed by atoms with Crippen LogP contribution in [0, 0.1) is 0 Å². The van der Waals surface area contributed by atoms with Crippen LogP contribution < -0.4 is 5.32 Å². The lowest BCUT2D eigenvalue weighted by atomic mass is 9.95.